The highest BCUT2D eigenvalue weighted by Gasteiger charge is 2.42. The Kier molecular flexibility index (Phi) is 4.80. The number of fused-ring (bicyclic) bond motifs is 3. The zero-order chi connectivity index (χ0) is 19.7. The van der Waals surface area contributed by atoms with E-state index in [1.54, 1.807) is 0 Å². The van der Waals surface area contributed by atoms with Crippen LogP contribution in [0.3, 0.4) is 0 Å². The second-order valence-corrected chi connectivity index (χ2v) is 7.81. The molecule has 1 aliphatic rings. The third-order valence-corrected chi connectivity index (χ3v) is 6.07. The molecule has 4 rings (SSSR count). The van der Waals surface area contributed by atoms with Gasteiger partial charge in [0.25, 0.3) is 0 Å². The van der Waals surface area contributed by atoms with Gasteiger partial charge >= 0.3 is 0 Å². The summed E-state index contributed by atoms with van der Waals surface area (Å²) in [6.45, 7) is 4.49. The topological polar surface area (TPSA) is 43.1 Å². The van der Waals surface area contributed by atoms with Crippen LogP contribution in [0, 0.1) is 0 Å². The average Bonchev–Trinajstić information content (AvgIpc) is 2.98. The first-order valence-corrected chi connectivity index (χ1v) is 10.3. The normalized spacial score (nSPS) is 13.8. The van der Waals surface area contributed by atoms with Crippen LogP contribution in [0.2, 0.25) is 0 Å². The molecule has 0 aliphatic heterocycles. The van der Waals surface area contributed by atoms with Crippen molar-refractivity contribution in [3.8, 4) is 11.1 Å². The van der Waals surface area contributed by atoms with Crippen molar-refractivity contribution >= 4 is 11.5 Å². The molecule has 1 aliphatic carbocycles. The molecule has 0 fully saturated rings. The Morgan fingerprint density at radius 1 is 0.821 bits per heavy atom. The molecule has 2 nitrogen and oxygen atoms in total. The van der Waals surface area contributed by atoms with Gasteiger partial charge in [0.15, 0.2) is 5.78 Å². The van der Waals surface area contributed by atoms with Gasteiger partial charge in [0.2, 0.25) is 0 Å². The van der Waals surface area contributed by atoms with E-state index in [9.17, 15) is 4.79 Å². The molecule has 142 valence electrons. The summed E-state index contributed by atoms with van der Waals surface area (Å²) in [6.07, 6.45) is 4.41. The number of carbonyl (C=O) groups is 1. The summed E-state index contributed by atoms with van der Waals surface area (Å²) in [7, 11) is 0. The van der Waals surface area contributed by atoms with Gasteiger partial charge in [-0.1, -0.05) is 81.3 Å². The van der Waals surface area contributed by atoms with Crippen molar-refractivity contribution in [2.24, 2.45) is 0 Å². The number of anilines is 1. The van der Waals surface area contributed by atoms with Crippen molar-refractivity contribution in [1.82, 2.24) is 0 Å². The van der Waals surface area contributed by atoms with Crippen LogP contribution in [0.15, 0.2) is 66.7 Å². The molecule has 0 amide bonds. The molecule has 2 heteroatoms. The average molecular weight is 370 g/mol. The SMILES string of the molecule is CCCC1(CCC)c2ccccc2-c2cc(C(=O)c3ccccc3)c(N)cc21. The van der Waals surface area contributed by atoms with Crippen LogP contribution in [-0.2, 0) is 5.41 Å². The first-order valence-electron chi connectivity index (χ1n) is 10.3. The monoisotopic (exact) mass is 369 g/mol. The van der Waals surface area contributed by atoms with Crippen LogP contribution in [0.25, 0.3) is 11.1 Å². The molecule has 0 unspecified atom stereocenters. The highest BCUT2D eigenvalue weighted by atomic mass is 16.1. The third kappa shape index (κ3) is 2.75. The lowest BCUT2D eigenvalue weighted by Crippen LogP contribution is -2.25. The number of hydrogen-bond acceptors (Lipinski definition) is 2. The van der Waals surface area contributed by atoms with Crippen molar-refractivity contribution in [2.45, 2.75) is 44.9 Å². The van der Waals surface area contributed by atoms with Gasteiger partial charge in [-0.3, -0.25) is 4.79 Å². The smallest absolute Gasteiger partial charge is 0.195 e. The number of benzene rings is 3. The molecule has 3 aromatic carbocycles. The number of nitrogens with two attached hydrogens (primary N) is 1. The number of rotatable bonds is 6. The molecule has 0 saturated carbocycles. The zero-order valence-electron chi connectivity index (χ0n) is 16.7. The van der Waals surface area contributed by atoms with Crippen molar-refractivity contribution < 1.29 is 4.79 Å². The van der Waals surface area contributed by atoms with Gasteiger partial charge in [-0.25, -0.2) is 0 Å². The van der Waals surface area contributed by atoms with Crippen LogP contribution < -0.4 is 5.73 Å². The Hall–Kier alpha value is -2.87. The highest BCUT2D eigenvalue weighted by molar-refractivity contribution is 6.13. The largest absolute Gasteiger partial charge is 0.398 e. The highest BCUT2D eigenvalue weighted by Crippen LogP contribution is 2.54. The van der Waals surface area contributed by atoms with E-state index >= 15 is 0 Å². The van der Waals surface area contributed by atoms with Crippen molar-refractivity contribution in [3.63, 3.8) is 0 Å². The molecule has 0 radical (unpaired) electrons. The molecular formula is C26H27NO. The van der Waals surface area contributed by atoms with Gasteiger partial charge in [-0.15, -0.1) is 0 Å². The second-order valence-electron chi connectivity index (χ2n) is 7.81. The molecule has 0 heterocycles. The number of hydrogen-bond donors (Lipinski definition) is 1. The fourth-order valence-corrected chi connectivity index (χ4v) is 4.97. The van der Waals surface area contributed by atoms with Crippen molar-refractivity contribution in [2.75, 3.05) is 5.73 Å². The first-order chi connectivity index (χ1) is 13.6. The Bertz CT molecular complexity index is 1010. The minimum Gasteiger partial charge on any atom is -0.398 e. The molecule has 0 aromatic heterocycles. The lowest BCUT2D eigenvalue weighted by Gasteiger charge is -2.32. The predicted octanol–water partition coefficient (Wildman–Crippen LogP) is 6.37. The van der Waals surface area contributed by atoms with E-state index in [1.165, 1.54) is 22.3 Å². The van der Waals surface area contributed by atoms with Gasteiger partial charge < -0.3 is 5.73 Å². The molecule has 28 heavy (non-hydrogen) atoms. The molecule has 0 atom stereocenters. The van der Waals surface area contributed by atoms with E-state index in [1.807, 2.05) is 36.4 Å². The van der Waals surface area contributed by atoms with E-state index in [2.05, 4.69) is 44.2 Å². The van der Waals surface area contributed by atoms with Crippen LogP contribution in [0.4, 0.5) is 5.69 Å². The Morgan fingerprint density at radius 2 is 1.46 bits per heavy atom. The molecule has 2 N–H and O–H groups in total. The van der Waals surface area contributed by atoms with Gasteiger partial charge in [-0.2, -0.15) is 0 Å². The third-order valence-electron chi connectivity index (χ3n) is 6.07. The van der Waals surface area contributed by atoms with Crippen molar-refractivity contribution in [3.05, 3.63) is 89.0 Å². The molecular weight excluding hydrogens is 342 g/mol. The van der Waals surface area contributed by atoms with E-state index in [4.69, 9.17) is 5.73 Å². The van der Waals surface area contributed by atoms with Crippen LogP contribution in [0.1, 0.15) is 66.6 Å². The minimum absolute atomic E-state index is 0.00211. The number of nitrogen functional groups attached to an aromatic ring is 1. The van der Waals surface area contributed by atoms with E-state index < -0.39 is 0 Å². The lowest BCUT2D eigenvalue weighted by atomic mass is 9.71. The quantitative estimate of drug-likeness (QED) is 0.405. The first kappa shape index (κ1) is 18.5. The Morgan fingerprint density at radius 3 is 2.14 bits per heavy atom. The fourth-order valence-electron chi connectivity index (χ4n) is 4.97. The van der Waals surface area contributed by atoms with E-state index in [0.29, 0.717) is 16.8 Å². The summed E-state index contributed by atoms with van der Waals surface area (Å²) in [5.41, 5.74) is 13.4. The van der Waals surface area contributed by atoms with Crippen LogP contribution in [0.5, 0.6) is 0 Å². The maximum Gasteiger partial charge on any atom is 0.195 e. The second kappa shape index (κ2) is 7.27. The molecule has 3 aromatic rings. The Labute approximate surface area is 167 Å². The van der Waals surface area contributed by atoms with Gasteiger partial charge in [0.05, 0.1) is 0 Å². The minimum atomic E-state index is -0.0122. The molecule has 0 spiro atoms. The predicted molar refractivity (Wildman–Crippen MR) is 117 cm³/mol. The lowest BCUT2D eigenvalue weighted by molar-refractivity contribution is 0.103. The van der Waals surface area contributed by atoms with Crippen LogP contribution in [-0.4, -0.2) is 5.78 Å². The Balaban J connectivity index is 1.93. The molecule has 0 saturated heterocycles. The zero-order valence-corrected chi connectivity index (χ0v) is 16.7. The van der Waals surface area contributed by atoms with Crippen molar-refractivity contribution in [1.29, 1.82) is 0 Å². The number of carbonyl (C=O) groups excluding carboxylic acids is 1. The maximum atomic E-state index is 13.1. The summed E-state index contributed by atoms with van der Waals surface area (Å²) in [5.74, 6) is -0.0122. The summed E-state index contributed by atoms with van der Waals surface area (Å²) in [6, 6.07) is 22.2. The van der Waals surface area contributed by atoms with E-state index in [0.717, 1.165) is 25.7 Å². The maximum absolute atomic E-state index is 13.1. The number of ketones is 1. The molecule has 0 bridgehead atoms. The summed E-state index contributed by atoms with van der Waals surface area (Å²) in [4.78, 5) is 13.1. The van der Waals surface area contributed by atoms with Gasteiger partial charge in [0.1, 0.15) is 0 Å². The summed E-state index contributed by atoms with van der Waals surface area (Å²) in [5, 5.41) is 0. The van der Waals surface area contributed by atoms with E-state index in [-0.39, 0.29) is 11.2 Å². The summed E-state index contributed by atoms with van der Waals surface area (Å²) < 4.78 is 0. The van der Waals surface area contributed by atoms with Gasteiger partial charge in [0, 0.05) is 22.2 Å². The van der Waals surface area contributed by atoms with Gasteiger partial charge in [-0.05, 0) is 47.2 Å². The fraction of sp³-hybridized carbons (Fsp3) is 0.269. The standard InChI is InChI=1S/C26H27NO/c1-3-14-26(15-4-2)22-13-9-8-12-19(22)20-16-21(24(27)17-23(20)26)25(28)18-10-6-5-7-11-18/h5-13,16-17H,3-4,14-15,27H2,1-2H3. The summed E-state index contributed by atoms with van der Waals surface area (Å²) >= 11 is 0. The van der Waals surface area contributed by atoms with Crippen LogP contribution >= 0.6 is 0 Å².